The van der Waals surface area contributed by atoms with Crippen molar-refractivity contribution in [3.63, 3.8) is 0 Å². The van der Waals surface area contributed by atoms with Crippen molar-refractivity contribution in [3.8, 4) is 5.69 Å². The van der Waals surface area contributed by atoms with Gasteiger partial charge in [-0.2, -0.15) is 5.10 Å². The molecule has 0 spiro atoms. The summed E-state index contributed by atoms with van der Waals surface area (Å²) in [6.45, 7) is 1.77. The fraction of sp³-hybridized carbons (Fsp3) is 0.111. The molecule has 128 valence electrons. The van der Waals surface area contributed by atoms with Crippen LogP contribution in [0.25, 0.3) is 5.69 Å². The molecule has 7 heteroatoms. The Hall–Kier alpha value is -2.73. The van der Waals surface area contributed by atoms with Crippen molar-refractivity contribution < 1.29 is 13.6 Å². The number of halogens is 3. The molecule has 0 fully saturated rings. The van der Waals surface area contributed by atoms with Crippen molar-refractivity contribution in [1.82, 2.24) is 9.78 Å². The minimum absolute atomic E-state index is 0.131. The second-order valence-corrected chi connectivity index (χ2v) is 5.89. The van der Waals surface area contributed by atoms with Crippen molar-refractivity contribution in [1.29, 1.82) is 0 Å². The molecule has 0 aliphatic heterocycles. The predicted octanol–water partition coefficient (Wildman–Crippen LogP) is 4.29. The monoisotopic (exact) mass is 361 g/mol. The van der Waals surface area contributed by atoms with Gasteiger partial charge in [0.25, 0.3) is 0 Å². The maximum atomic E-state index is 13.8. The zero-order valence-electron chi connectivity index (χ0n) is 13.3. The number of nitrogens with zero attached hydrogens (tertiary/aromatic N) is 2. The van der Waals surface area contributed by atoms with Crippen LogP contribution < -0.4 is 5.32 Å². The Morgan fingerprint density at radius 1 is 1.20 bits per heavy atom. The largest absolute Gasteiger partial charge is 0.310 e. The highest BCUT2D eigenvalue weighted by Gasteiger charge is 2.15. The predicted molar refractivity (Wildman–Crippen MR) is 92.0 cm³/mol. The standard InChI is InChI=1S/C18H14ClF2N3O/c1-11-9-17(24(23-11)13-7-5-12(20)6-8-13)22-18(25)10-14-15(19)3-2-4-16(14)21/h2-9H,10H2,1H3,(H,22,25). The highest BCUT2D eigenvalue weighted by Crippen LogP contribution is 2.21. The Balaban J connectivity index is 1.83. The second-order valence-electron chi connectivity index (χ2n) is 5.48. The average molecular weight is 362 g/mol. The molecule has 1 N–H and O–H groups in total. The number of carbonyl (C=O) groups is 1. The summed E-state index contributed by atoms with van der Waals surface area (Å²) in [4.78, 5) is 12.3. The van der Waals surface area contributed by atoms with Crippen molar-refractivity contribution >= 4 is 23.3 Å². The number of carbonyl (C=O) groups excluding carboxylic acids is 1. The van der Waals surface area contributed by atoms with Gasteiger partial charge in [-0.05, 0) is 43.3 Å². The fourth-order valence-electron chi connectivity index (χ4n) is 2.42. The van der Waals surface area contributed by atoms with Crippen LogP contribution in [0.4, 0.5) is 14.6 Å². The molecule has 1 heterocycles. The van der Waals surface area contributed by atoms with Crippen LogP contribution in [0, 0.1) is 18.6 Å². The molecule has 0 unspecified atom stereocenters. The number of aromatic nitrogens is 2. The van der Waals surface area contributed by atoms with Gasteiger partial charge in [0.1, 0.15) is 17.5 Å². The number of hydrogen-bond donors (Lipinski definition) is 1. The first kappa shape index (κ1) is 17.1. The lowest BCUT2D eigenvalue weighted by atomic mass is 10.1. The lowest BCUT2D eigenvalue weighted by Crippen LogP contribution is -2.18. The van der Waals surface area contributed by atoms with Crippen LogP contribution >= 0.6 is 11.6 Å². The molecule has 0 atom stereocenters. The smallest absolute Gasteiger partial charge is 0.230 e. The van der Waals surface area contributed by atoms with E-state index in [2.05, 4.69) is 10.4 Å². The number of rotatable bonds is 4. The van der Waals surface area contributed by atoms with Crippen LogP contribution in [-0.4, -0.2) is 15.7 Å². The summed E-state index contributed by atoms with van der Waals surface area (Å²) >= 11 is 5.95. The van der Waals surface area contributed by atoms with E-state index in [1.807, 2.05) is 0 Å². The van der Waals surface area contributed by atoms with E-state index in [9.17, 15) is 13.6 Å². The summed E-state index contributed by atoms with van der Waals surface area (Å²) in [6, 6.07) is 11.6. The average Bonchev–Trinajstić information content (AvgIpc) is 2.92. The van der Waals surface area contributed by atoms with Gasteiger partial charge in [-0.3, -0.25) is 4.79 Å². The summed E-state index contributed by atoms with van der Waals surface area (Å²) in [6.07, 6.45) is -0.209. The molecular formula is C18H14ClF2N3O. The lowest BCUT2D eigenvalue weighted by Gasteiger charge is -2.10. The second kappa shape index (κ2) is 7.03. The van der Waals surface area contributed by atoms with Gasteiger partial charge in [-0.25, -0.2) is 13.5 Å². The third kappa shape index (κ3) is 3.85. The van der Waals surface area contributed by atoms with E-state index >= 15 is 0 Å². The summed E-state index contributed by atoms with van der Waals surface area (Å²) in [7, 11) is 0. The lowest BCUT2D eigenvalue weighted by molar-refractivity contribution is -0.115. The highest BCUT2D eigenvalue weighted by atomic mass is 35.5. The van der Waals surface area contributed by atoms with Gasteiger partial charge in [-0.1, -0.05) is 17.7 Å². The van der Waals surface area contributed by atoms with Gasteiger partial charge in [0.05, 0.1) is 17.8 Å². The van der Waals surface area contributed by atoms with Crippen LogP contribution in [-0.2, 0) is 11.2 Å². The Morgan fingerprint density at radius 2 is 1.92 bits per heavy atom. The quantitative estimate of drug-likeness (QED) is 0.753. The van der Waals surface area contributed by atoms with Gasteiger partial charge < -0.3 is 5.32 Å². The Morgan fingerprint density at radius 3 is 2.60 bits per heavy atom. The summed E-state index contributed by atoms with van der Waals surface area (Å²) in [5.74, 6) is -0.935. The molecule has 2 aromatic carbocycles. The zero-order chi connectivity index (χ0) is 18.0. The molecule has 0 aliphatic rings. The molecule has 1 amide bonds. The molecule has 4 nitrogen and oxygen atoms in total. The Bertz CT molecular complexity index is 902. The number of aryl methyl sites for hydroxylation is 1. The maximum absolute atomic E-state index is 13.8. The van der Waals surface area contributed by atoms with Crippen molar-refractivity contribution in [2.45, 2.75) is 13.3 Å². The molecule has 3 rings (SSSR count). The van der Waals surface area contributed by atoms with Crippen molar-refractivity contribution in [2.75, 3.05) is 5.32 Å². The van der Waals surface area contributed by atoms with E-state index in [0.717, 1.165) is 0 Å². The van der Waals surface area contributed by atoms with Crippen LogP contribution in [0.3, 0.4) is 0 Å². The third-order valence-electron chi connectivity index (χ3n) is 3.57. The summed E-state index contributed by atoms with van der Waals surface area (Å²) < 4.78 is 28.4. The summed E-state index contributed by atoms with van der Waals surface area (Å²) in [5, 5.41) is 7.17. The number of nitrogens with one attached hydrogen (secondary N) is 1. The van der Waals surface area contributed by atoms with E-state index in [1.54, 1.807) is 25.1 Å². The molecule has 0 saturated heterocycles. The van der Waals surface area contributed by atoms with Gasteiger partial charge in [0, 0.05) is 16.7 Å². The Labute approximate surface area is 148 Å². The van der Waals surface area contributed by atoms with Crippen LogP contribution in [0.2, 0.25) is 5.02 Å². The van der Waals surface area contributed by atoms with E-state index < -0.39 is 11.7 Å². The molecule has 0 radical (unpaired) electrons. The van der Waals surface area contributed by atoms with Gasteiger partial charge in [0.15, 0.2) is 0 Å². The minimum atomic E-state index is -0.536. The molecule has 1 aromatic heterocycles. The molecular weight excluding hydrogens is 348 g/mol. The zero-order valence-corrected chi connectivity index (χ0v) is 14.0. The molecule has 3 aromatic rings. The number of anilines is 1. The molecule has 0 aliphatic carbocycles. The number of hydrogen-bond acceptors (Lipinski definition) is 2. The van der Waals surface area contributed by atoms with Gasteiger partial charge in [-0.15, -0.1) is 0 Å². The van der Waals surface area contributed by atoms with E-state index in [1.165, 1.54) is 35.0 Å². The highest BCUT2D eigenvalue weighted by molar-refractivity contribution is 6.31. The van der Waals surface area contributed by atoms with E-state index in [-0.39, 0.29) is 22.8 Å². The summed E-state index contributed by atoms with van der Waals surface area (Å²) in [5.41, 5.74) is 1.39. The number of amides is 1. The minimum Gasteiger partial charge on any atom is -0.310 e. The van der Waals surface area contributed by atoms with Crippen LogP contribution in [0.5, 0.6) is 0 Å². The van der Waals surface area contributed by atoms with E-state index in [4.69, 9.17) is 11.6 Å². The van der Waals surface area contributed by atoms with Gasteiger partial charge in [0.2, 0.25) is 5.91 Å². The topological polar surface area (TPSA) is 46.9 Å². The number of benzene rings is 2. The first-order chi connectivity index (χ1) is 11.9. The fourth-order valence-corrected chi connectivity index (χ4v) is 2.65. The maximum Gasteiger partial charge on any atom is 0.230 e. The normalized spacial score (nSPS) is 10.7. The van der Waals surface area contributed by atoms with Crippen molar-refractivity contribution in [2.24, 2.45) is 0 Å². The van der Waals surface area contributed by atoms with Crippen LogP contribution in [0.15, 0.2) is 48.5 Å². The first-order valence-electron chi connectivity index (χ1n) is 7.49. The first-order valence-corrected chi connectivity index (χ1v) is 7.87. The van der Waals surface area contributed by atoms with Gasteiger partial charge >= 0.3 is 0 Å². The SMILES string of the molecule is Cc1cc(NC(=O)Cc2c(F)cccc2Cl)n(-c2ccc(F)cc2)n1. The van der Waals surface area contributed by atoms with Crippen molar-refractivity contribution in [3.05, 3.63) is 76.4 Å². The Kier molecular flexibility index (Phi) is 4.81. The third-order valence-corrected chi connectivity index (χ3v) is 3.92. The van der Waals surface area contributed by atoms with E-state index in [0.29, 0.717) is 17.2 Å². The molecule has 25 heavy (non-hydrogen) atoms. The van der Waals surface area contributed by atoms with Crippen LogP contribution in [0.1, 0.15) is 11.3 Å². The molecule has 0 saturated carbocycles. The molecule has 0 bridgehead atoms.